The molecule has 0 saturated carbocycles. The van der Waals surface area contributed by atoms with Crippen molar-refractivity contribution in [1.82, 2.24) is 0 Å². The van der Waals surface area contributed by atoms with Crippen LogP contribution in [0.5, 0.6) is 0 Å². The molecule has 0 rings (SSSR count). The second-order valence-corrected chi connectivity index (χ2v) is 5.84. The van der Waals surface area contributed by atoms with E-state index in [-0.39, 0.29) is 12.1 Å². The quantitative estimate of drug-likeness (QED) is 0.287. The van der Waals surface area contributed by atoms with Crippen LogP contribution in [0.1, 0.15) is 104 Å². The summed E-state index contributed by atoms with van der Waals surface area (Å²) in [6, 6.07) is 0. The van der Waals surface area contributed by atoms with Gasteiger partial charge < -0.3 is 4.74 Å². The van der Waals surface area contributed by atoms with Gasteiger partial charge in [-0.1, -0.05) is 78.6 Å². The molecule has 0 amide bonds. The fraction of sp³-hybridized carbons (Fsp3) is 0.944. The number of rotatable bonds is 14. The molecule has 0 radical (unpaired) electrons. The summed E-state index contributed by atoms with van der Waals surface area (Å²) in [7, 11) is 0. The molecular weight excluding hydrogens is 248 g/mol. The maximum Gasteiger partial charge on any atom is 0.305 e. The highest BCUT2D eigenvalue weighted by atomic mass is 16.5. The summed E-state index contributed by atoms with van der Waals surface area (Å²) in [6.45, 7) is 6.22. The van der Waals surface area contributed by atoms with Gasteiger partial charge in [0.2, 0.25) is 0 Å². The average molecular weight is 284 g/mol. The first-order chi connectivity index (χ1) is 9.74. The Kier molecular flexibility index (Phi) is 14.5. The molecular formula is C18H36O2. The monoisotopic (exact) mass is 284 g/mol. The zero-order chi connectivity index (χ0) is 15.1. The third-order valence-corrected chi connectivity index (χ3v) is 3.92. The molecule has 1 atom stereocenters. The zero-order valence-corrected chi connectivity index (χ0v) is 14.1. The molecule has 0 heterocycles. The minimum Gasteiger partial charge on any atom is -0.462 e. The molecule has 0 aliphatic carbocycles. The van der Waals surface area contributed by atoms with Crippen LogP contribution in [0.2, 0.25) is 0 Å². The first kappa shape index (κ1) is 19.5. The molecule has 0 aromatic heterocycles. The van der Waals surface area contributed by atoms with Gasteiger partial charge in [-0.05, 0) is 19.3 Å². The van der Waals surface area contributed by atoms with E-state index in [0.717, 1.165) is 12.8 Å². The Hall–Kier alpha value is -0.530. The first-order valence-corrected chi connectivity index (χ1v) is 8.94. The van der Waals surface area contributed by atoms with Gasteiger partial charge in [-0.2, -0.15) is 0 Å². The lowest BCUT2D eigenvalue weighted by molar-refractivity contribution is -0.149. The van der Waals surface area contributed by atoms with E-state index < -0.39 is 0 Å². The van der Waals surface area contributed by atoms with E-state index >= 15 is 0 Å². The zero-order valence-electron chi connectivity index (χ0n) is 14.1. The summed E-state index contributed by atoms with van der Waals surface area (Å²) in [5.41, 5.74) is 0. The van der Waals surface area contributed by atoms with Gasteiger partial charge in [-0.15, -0.1) is 0 Å². The second-order valence-electron chi connectivity index (χ2n) is 5.84. The van der Waals surface area contributed by atoms with Crippen molar-refractivity contribution < 1.29 is 9.53 Å². The molecule has 0 saturated heterocycles. The van der Waals surface area contributed by atoms with Crippen molar-refractivity contribution in [2.24, 2.45) is 0 Å². The van der Waals surface area contributed by atoms with Crippen LogP contribution >= 0.6 is 0 Å². The number of unbranched alkanes of at least 4 members (excludes halogenated alkanes) is 9. The van der Waals surface area contributed by atoms with Crippen molar-refractivity contribution in [1.29, 1.82) is 0 Å². The summed E-state index contributed by atoms with van der Waals surface area (Å²) < 4.78 is 5.39. The Morgan fingerprint density at radius 3 is 1.75 bits per heavy atom. The molecule has 0 bridgehead atoms. The lowest BCUT2D eigenvalue weighted by atomic mass is 10.0. The summed E-state index contributed by atoms with van der Waals surface area (Å²) >= 11 is 0. The van der Waals surface area contributed by atoms with E-state index in [1.807, 2.05) is 6.92 Å². The summed E-state index contributed by atoms with van der Waals surface area (Å²) in [4.78, 5) is 11.2. The SMILES string of the molecule is CCCCCCCCCCCCC(CC)OC(=O)CC. The molecule has 0 aromatic carbocycles. The number of hydrogen-bond acceptors (Lipinski definition) is 2. The van der Waals surface area contributed by atoms with E-state index in [2.05, 4.69) is 13.8 Å². The van der Waals surface area contributed by atoms with Gasteiger partial charge in [0.15, 0.2) is 0 Å². The molecule has 0 fully saturated rings. The van der Waals surface area contributed by atoms with Crippen molar-refractivity contribution in [2.45, 2.75) is 110 Å². The van der Waals surface area contributed by atoms with E-state index in [4.69, 9.17) is 4.74 Å². The molecule has 120 valence electrons. The highest BCUT2D eigenvalue weighted by Gasteiger charge is 2.10. The van der Waals surface area contributed by atoms with Gasteiger partial charge in [-0.25, -0.2) is 0 Å². The van der Waals surface area contributed by atoms with Crippen molar-refractivity contribution in [3.8, 4) is 0 Å². The van der Waals surface area contributed by atoms with Crippen LogP contribution in [-0.2, 0) is 9.53 Å². The van der Waals surface area contributed by atoms with Crippen LogP contribution in [0.4, 0.5) is 0 Å². The van der Waals surface area contributed by atoms with E-state index in [9.17, 15) is 4.79 Å². The lowest BCUT2D eigenvalue weighted by Gasteiger charge is -2.15. The molecule has 2 nitrogen and oxygen atoms in total. The summed E-state index contributed by atoms with van der Waals surface area (Å²) in [5.74, 6) is -0.0519. The van der Waals surface area contributed by atoms with Gasteiger partial charge in [0.25, 0.3) is 0 Å². The van der Waals surface area contributed by atoms with Crippen molar-refractivity contribution in [2.75, 3.05) is 0 Å². The van der Waals surface area contributed by atoms with Crippen molar-refractivity contribution >= 4 is 5.97 Å². The highest BCUT2D eigenvalue weighted by molar-refractivity contribution is 5.69. The largest absolute Gasteiger partial charge is 0.462 e. The average Bonchev–Trinajstić information content (AvgIpc) is 2.47. The molecule has 0 aromatic rings. The molecule has 0 N–H and O–H groups in total. The Labute approximate surface area is 126 Å². The molecule has 0 spiro atoms. The van der Waals surface area contributed by atoms with Gasteiger partial charge in [-0.3, -0.25) is 4.79 Å². The normalized spacial score (nSPS) is 12.3. The highest BCUT2D eigenvalue weighted by Crippen LogP contribution is 2.14. The Morgan fingerprint density at radius 1 is 0.800 bits per heavy atom. The van der Waals surface area contributed by atoms with Crippen LogP contribution in [0.15, 0.2) is 0 Å². The van der Waals surface area contributed by atoms with Crippen LogP contribution in [0, 0.1) is 0 Å². The van der Waals surface area contributed by atoms with E-state index in [1.54, 1.807) is 0 Å². The Balaban J connectivity index is 3.31. The standard InChI is InChI=1S/C18H36O2/c1-4-7-8-9-10-11-12-13-14-15-16-17(5-2)20-18(19)6-3/h17H,4-16H2,1-3H3. The maximum absolute atomic E-state index is 11.2. The van der Waals surface area contributed by atoms with E-state index in [1.165, 1.54) is 64.2 Å². The number of carbonyl (C=O) groups is 1. The smallest absolute Gasteiger partial charge is 0.305 e. The second kappa shape index (κ2) is 14.9. The van der Waals surface area contributed by atoms with Crippen molar-refractivity contribution in [3.63, 3.8) is 0 Å². The third-order valence-electron chi connectivity index (χ3n) is 3.92. The van der Waals surface area contributed by atoms with Crippen LogP contribution in [0.25, 0.3) is 0 Å². The molecule has 0 aliphatic heterocycles. The fourth-order valence-electron chi connectivity index (χ4n) is 2.48. The maximum atomic E-state index is 11.2. The molecule has 20 heavy (non-hydrogen) atoms. The Morgan fingerprint density at radius 2 is 1.30 bits per heavy atom. The Bertz CT molecular complexity index is 213. The number of hydrogen-bond donors (Lipinski definition) is 0. The summed E-state index contributed by atoms with van der Waals surface area (Å²) in [6.07, 6.45) is 16.2. The molecule has 2 heteroatoms. The topological polar surface area (TPSA) is 26.3 Å². The van der Waals surface area contributed by atoms with Gasteiger partial charge in [0.05, 0.1) is 0 Å². The number of carbonyl (C=O) groups excluding carboxylic acids is 1. The molecule has 1 unspecified atom stereocenters. The predicted molar refractivity (Wildman–Crippen MR) is 86.9 cm³/mol. The van der Waals surface area contributed by atoms with Crippen LogP contribution in [0.3, 0.4) is 0 Å². The molecule has 0 aliphatic rings. The van der Waals surface area contributed by atoms with Crippen LogP contribution < -0.4 is 0 Å². The summed E-state index contributed by atoms with van der Waals surface area (Å²) in [5, 5.41) is 0. The minimum absolute atomic E-state index is 0.0519. The lowest BCUT2D eigenvalue weighted by Crippen LogP contribution is -2.16. The van der Waals surface area contributed by atoms with Gasteiger partial charge >= 0.3 is 5.97 Å². The number of esters is 1. The van der Waals surface area contributed by atoms with E-state index in [0.29, 0.717) is 6.42 Å². The third kappa shape index (κ3) is 12.5. The van der Waals surface area contributed by atoms with Crippen molar-refractivity contribution in [3.05, 3.63) is 0 Å². The first-order valence-electron chi connectivity index (χ1n) is 8.94. The predicted octanol–water partition coefficient (Wildman–Crippen LogP) is 6.03. The van der Waals surface area contributed by atoms with Gasteiger partial charge in [0, 0.05) is 6.42 Å². The van der Waals surface area contributed by atoms with Crippen LogP contribution in [-0.4, -0.2) is 12.1 Å². The minimum atomic E-state index is -0.0519. The van der Waals surface area contributed by atoms with Gasteiger partial charge in [0.1, 0.15) is 6.10 Å². The fourth-order valence-corrected chi connectivity index (χ4v) is 2.48. The number of ether oxygens (including phenoxy) is 1.